The fraction of sp³-hybridized carbons (Fsp3) is 0.846. The smallest absolute Gasteiger partial charge is 0.317 e. The van der Waals surface area contributed by atoms with Gasteiger partial charge < -0.3 is 20.6 Å². The van der Waals surface area contributed by atoms with Crippen LogP contribution in [0.15, 0.2) is 0 Å². The zero-order valence-corrected chi connectivity index (χ0v) is 12.2. The molecule has 0 aromatic rings. The third kappa shape index (κ3) is 3.59. The van der Waals surface area contributed by atoms with E-state index in [9.17, 15) is 14.7 Å². The maximum atomic E-state index is 12.2. The summed E-state index contributed by atoms with van der Waals surface area (Å²) in [6.07, 6.45) is 0.913. The molecule has 1 aliphatic heterocycles. The molecule has 1 heterocycles. The van der Waals surface area contributed by atoms with E-state index in [1.165, 1.54) is 0 Å². The lowest BCUT2D eigenvalue weighted by Crippen LogP contribution is -2.59. The average molecular weight is 271 g/mol. The first kappa shape index (κ1) is 15.8. The Labute approximate surface area is 114 Å². The van der Waals surface area contributed by atoms with Gasteiger partial charge in [0.2, 0.25) is 0 Å². The van der Waals surface area contributed by atoms with Crippen molar-refractivity contribution in [2.45, 2.75) is 39.7 Å². The van der Waals surface area contributed by atoms with Crippen molar-refractivity contribution in [2.75, 3.05) is 26.2 Å². The summed E-state index contributed by atoms with van der Waals surface area (Å²) < 4.78 is 0. The van der Waals surface area contributed by atoms with Crippen LogP contribution in [-0.2, 0) is 4.79 Å². The Morgan fingerprint density at radius 3 is 2.37 bits per heavy atom. The van der Waals surface area contributed by atoms with Gasteiger partial charge in [-0.1, -0.05) is 0 Å². The maximum absolute atomic E-state index is 12.2. The molecular weight excluding hydrogens is 246 g/mol. The van der Waals surface area contributed by atoms with Gasteiger partial charge in [0.15, 0.2) is 0 Å². The van der Waals surface area contributed by atoms with Crippen LogP contribution < -0.4 is 10.6 Å². The minimum atomic E-state index is -1.03. The quantitative estimate of drug-likeness (QED) is 0.712. The first-order valence-electron chi connectivity index (χ1n) is 6.70. The number of hydrogen-bond acceptors (Lipinski definition) is 3. The Kier molecular flexibility index (Phi) is 4.79. The van der Waals surface area contributed by atoms with Crippen LogP contribution in [0.4, 0.5) is 4.79 Å². The van der Waals surface area contributed by atoms with E-state index >= 15 is 0 Å². The highest BCUT2D eigenvalue weighted by Crippen LogP contribution is 2.30. The molecule has 0 aromatic carbocycles. The van der Waals surface area contributed by atoms with Gasteiger partial charge in [-0.25, -0.2) is 4.79 Å². The lowest BCUT2D eigenvalue weighted by molar-refractivity contribution is -0.150. The summed E-state index contributed by atoms with van der Waals surface area (Å²) in [5.41, 5.74) is -1.86. The highest BCUT2D eigenvalue weighted by atomic mass is 16.4. The largest absolute Gasteiger partial charge is 0.481 e. The number of carboxylic acid groups (broad SMARTS) is 1. The van der Waals surface area contributed by atoms with Crippen molar-refractivity contribution in [3.63, 3.8) is 0 Å². The van der Waals surface area contributed by atoms with Gasteiger partial charge in [-0.2, -0.15) is 0 Å². The standard InChI is InChI=1S/C13H25N3O3/c1-12(2,10(17)18)13(3,4)15-11(19)16-8-5-6-14-7-9-16/h14H,5-9H2,1-4H3,(H,15,19)(H,17,18). The number of hydrogen-bond donors (Lipinski definition) is 3. The minimum absolute atomic E-state index is 0.192. The number of rotatable bonds is 3. The van der Waals surface area contributed by atoms with Crippen LogP contribution in [0.1, 0.15) is 34.1 Å². The monoisotopic (exact) mass is 271 g/mol. The van der Waals surface area contributed by atoms with E-state index in [4.69, 9.17) is 0 Å². The fourth-order valence-electron chi connectivity index (χ4n) is 1.82. The second-order valence-corrected chi connectivity index (χ2v) is 6.08. The highest BCUT2D eigenvalue weighted by molar-refractivity contribution is 5.79. The van der Waals surface area contributed by atoms with Crippen LogP contribution in [0, 0.1) is 5.41 Å². The van der Waals surface area contributed by atoms with Crippen LogP contribution in [0.2, 0.25) is 0 Å². The summed E-state index contributed by atoms with van der Waals surface area (Å²) in [7, 11) is 0. The minimum Gasteiger partial charge on any atom is -0.481 e. The van der Waals surface area contributed by atoms with Crippen LogP contribution >= 0.6 is 0 Å². The molecule has 6 nitrogen and oxygen atoms in total. The molecule has 1 saturated heterocycles. The number of amides is 2. The number of aliphatic carboxylic acids is 1. The Hall–Kier alpha value is -1.30. The summed E-state index contributed by atoms with van der Waals surface area (Å²) in [5, 5.41) is 15.4. The molecule has 110 valence electrons. The van der Waals surface area contributed by atoms with Gasteiger partial charge in [0, 0.05) is 19.6 Å². The van der Waals surface area contributed by atoms with E-state index in [1.54, 1.807) is 32.6 Å². The summed E-state index contributed by atoms with van der Waals surface area (Å²) in [5.74, 6) is -0.921. The highest BCUT2D eigenvalue weighted by Gasteiger charge is 2.45. The Morgan fingerprint density at radius 2 is 1.79 bits per heavy atom. The lowest BCUT2D eigenvalue weighted by Gasteiger charge is -2.40. The molecule has 0 spiro atoms. The van der Waals surface area contributed by atoms with Gasteiger partial charge in [0.25, 0.3) is 0 Å². The third-order valence-corrected chi connectivity index (χ3v) is 4.14. The molecule has 1 aliphatic rings. The van der Waals surface area contributed by atoms with Gasteiger partial charge in [-0.3, -0.25) is 4.79 Å². The summed E-state index contributed by atoms with van der Waals surface area (Å²) in [4.78, 5) is 25.3. The van der Waals surface area contributed by atoms with Gasteiger partial charge in [0.1, 0.15) is 0 Å². The first-order valence-corrected chi connectivity index (χ1v) is 6.70. The number of carbonyl (C=O) groups excluding carboxylic acids is 1. The van der Waals surface area contributed by atoms with E-state index in [1.807, 2.05) is 0 Å². The summed E-state index contributed by atoms with van der Waals surface area (Å²) in [6, 6.07) is -0.192. The lowest BCUT2D eigenvalue weighted by atomic mass is 9.74. The van der Waals surface area contributed by atoms with Gasteiger partial charge in [0.05, 0.1) is 11.0 Å². The van der Waals surface area contributed by atoms with E-state index in [2.05, 4.69) is 10.6 Å². The third-order valence-electron chi connectivity index (χ3n) is 4.14. The molecule has 0 aromatic heterocycles. The molecule has 0 unspecified atom stereocenters. The zero-order valence-electron chi connectivity index (χ0n) is 12.2. The van der Waals surface area contributed by atoms with Crippen molar-refractivity contribution in [2.24, 2.45) is 5.41 Å². The van der Waals surface area contributed by atoms with Crippen molar-refractivity contribution < 1.29 is 14.7 Å². The molecule has 1 fully saturated rings. The Morgan fingerprint density at radius 1 is 1.16 bits per heavy atom. The molecule has 6 heteroatoms. The van der Waals surface area contributed by atoms with E-state index in [0.29, 0.717) is 13.1 Å². The van der Waals surface area contributed by atoms with Crippen molar-refractivity contribution >= 4 is 12.0 Å². The number of nitrogens with one attached hydrogen (secondary N) is 2. The maximum Gasteiger partial charge on any atom is 0.317 e. The summed E-state index contributed by atoms with van der Waals surface area (Å²) >= 11 is 0. The predicted molar refractivity (Wildman–Crippen MR) is 73.1 cm³/mol. The molecule has 0 aliphatic carbocycles. The van der Waals surface area contributed by atoms with Gasteiger partial charge in [-0.05, 0) is 40.7 Å². The second-order valence-electron chi connectivity index (χ2n) is 6.08. The van der Waals surface area contributed by atoms with E-state index < -0.39 is 16.9 Å². The number of nitrogens with zero attached hydrogens (tertiary/aromatic N) is 1. The van der Waals surface area contributed by atoms with E-state index in [-0.39, 0.29) is 6.03 Å². The molecular formula is C13H25N3O3. The van der Waals surface area contributed by atoms with Gasteiger partial charge >= 0.3 is 12.0 Å². The molecule has 3 N–H and O–H groups in total. The molecule has 19 heavy (non-hydrogen) atoms. The Balaban J connectivity index is 2.71. The molecule has 2 amide bonds. The van der Waals surface area contributed by atoms with Crippen molar-refractivity contribution in [1.29, 1.82) is 0 Å². The fourth-order valence-corrected chi connectivity index (χ4v) is 1.82. The number of carbonyl (C=O) groups is 2. The Bertz CT molecular complexity index is 345. The molecule has 0 saturated carbocycles. The van der Waals surface area contributed by atoms with Crippen LogP contribution in [0.3, 0.4) is 0 Å². The van der Waals surface area contributed by atoms with E-state index in [0.717, 1.165) is 19.5 Å². The summed E-state index contributed by atoms with van der Waals surface area (Å²) in [6.45, 7) is 9.77. The van der Waals surface area contributed by atoms with Gasteiger partial charge in [-0.15, -0.1) is 0 Å². The molecule has 1 rings (SSSR count). The average Bonchev–Trinajstić information content (AvgIpc) is 2.56. The zero-order chi connectivity index (χ0) is 14.7. The topological polar surface area (TPSA) is 81.7 Å². The van der Waals surface area contributed by atoms with Crippen molar-refractivity contribution in [3.8, 4) is 0 Å². The molecule has 0 radical (unpaired) electrons. The second kappa shape index (κ2) is 5.77. The van der Waals surface area contributed by atoms with Crippen molar-refractivity contribution in [1.82, 2.24) is 15.5 Å². The molecule has 0 bridgehead atoms. The molecule has 0 atom stereocenters. The van der Waals surface area contributed by atoms with Crippen LogP contribution in [0.5, 0.6) is 0 Å². The van der Waals surface area contributed by atoms with Crippen LogP contribution in [0.25, 0.3) is 0 Å². The number of carboxylic acids is 1. The normalized spacial score (nSPS) is 17.8. The first-order chi connectivity index (χ1) is 8.68. The number of urea groups is 1. The van der Waals surface area contributed by atoms with Crippen molar-refractivity contribution in [3.05, 3.63) is 0 Å². The van der Waals surface area contributed by atoms with Crippen LogP contribution in [-0.4, -0.2) is 53.7 Å². The predicted octanol–water partition coefficient (Wildman–Crippen LogP) is 0.881. The SMILES string of the molecule is CC(C)(NC(=O)N1CCCNCC1)C(C)(C)C(=O)O.